The van der Waals surface area contributed by atoms with E-state index in [0.29, 0.717) is 5.75 Å². The minimum Gasteiger partial charge on any atom is -0.497 e. The lowest BCUT2D eigenvalue weighted by molar-refractivity contribution is -0.135. The molecule has 0 bridgehead atoms. The zero-order valence-corrected chi connectivity index (χ0v) is 32.5. The largest absolute Gasteiger partial charge is 0.497 e. The van der Waals surface area contributed by atoms with E-state index < -0.39 is 23.0 Å². The molecule has 0 spiro atoms. The van der Waals surface area contributed by atoms with Gasteiger partial charge in [-0.05, 0) is 40.7 Å². The Balaban J connectivity index is 1.62. The third kappa shape index (κ3) is 7.69. The van der Waals surface area contributed by atoms with Crippen molar-refractivity contribution in [3.8, 4) is 11.5 Å². The maximum atomic E-state index is 14.5. The van der Waals surface area contributed by atoms with Gasteiger partial charge in [-0.15, -0.1) is 11.8 Å². The highest BCUT2D eigenvalue weighted by atomic mass is 32.2. The molecule has 51 heavy (non-hydrogen) atoms. The van der Waals surface area contributed by atoms with Crippen LogP contribution in [-0.4, -0.2) is 41.7 Å². The van der Waals surface area contributed by atoms with Gasteiger partial charge in [0.25, 0.3) is 0 Å². The van der Waals surface area contributed by atoms with Crippen LogP contribution < -0.4 is 9.47 Å². The number of cyclic esters (lactones) is 1. The summed E-state index contributed by atoms with van der Waals surface area (Å²) in [6.45, 7) is 16.9. The molecule has 1 fully saturated rings. The van der Waals surface area contributed by atoms with E-state index in [1.54, 1.807) is 18.9 Å². The Morgan fingerprint density at radius 2 is 1.29 bits per heavy atom. The van der Waals surface area contributed by atoms with E-state index in [2.05, 4.69) is 55.4 Å². The van der Waals surface area contributed by atoms with E-state index in [-0.39, 0.29) is 35.2 Å². The van der Waals surface area contributed by atoms with Crippen molar-refractivity contribution < 1.29 is 23.8 Å². The Labute approximate surface area is 308 Å². The van der Waals surface area contributed by atoms with Gasteiger partial charge >= 0.3 is 12.1 Å². The van der Waals surface area contributed by atoms with Crippen molar-refractivity contribution in [3.63, 3.8) is 0 Å². The van der Waals surface area contributed by atoms with Crippen LogP contribution in [-0.2, 0) is 26.0 Å². The first kappa shape index (κ1) is 38.0. The number of carbonyl (C=O) groups is 2. The van der Waals surface area contributed by atoms with Gasteiger partial charge in [-0.2, -0.15) is 0 Å². The summed E-state index contributed by atoms with van der Waals surface area (Å²) in [6, 6.07) is 33.6. The molecular formula is C44H53NO5S. The third-order valence-corrected chi connectivity index (χ3v) is 10.9. The first-order valence-electron chi connectivity index (χ1n) is 17.8. The lowest BCUT2D eigenvalue weighted by Gasteiger charge is -2.42. The predicted octanol–water partition coefficient (Wildman–Crippen LogP) is 10.5. The summed E-state index contributed by atoms with van der Waals surface area (Å²) in [4.78, 5) is 30.8. The summed E-state index contributed by atoms with van der Waals surface area (Å²) in [6.07, 6.45) is 1.64. The molecule has 0 aromatic heterocycles. The van der Waals surface area contributed by atoms with E-state index in [1.807, 2.05) is 114 Å². The molecule has 4 aromatic rings. The monoisotopic (exact) mass is 707 g/mol. The van der Waals surface area contributed by atoms with Gasteiger partial charge in [-0.1, -0.05) is 146 Å². The molecule has 6 nitrogen and oxygen atoms in total. The van der Waals surface area contributed by atoms with Gasteiger partial charge in [-0.25, -0.2) is 4.79 Å². The number of nitrogens with zero attached hydrogens (tertiary/aromatic N) is 1. The maximum absolute atomic E-state index is 14.5. The number of ether oxygens (including phenoxy) is 3. The average molecular weight is 708 g/mol. The minimum absolute atomic E-state index is 0.00197. The summed E-state index contributed by atoms with van der Waals surface area (Å²) in [5, 5.41) is -0.450. The molecule has 4 aromatic carbocycles. The standard InChI is InChI=1S/C44H53NO5S/c1-29(2)39-44(31-22-16-12-17-23-31,32-24-18-13-19-25-32)50-41(47)45(39)40(51-10)34(30-20-14-11-15-21-30)28-37(46)49-38-35(42(3,4)5)26-33(48-9)27-36(38)43(6,7)8/h11-27,29,34,39-40H,28H2,1-10H3/t34-,39+,40+/m1/s1. The van der Waals surface area contributed by atoms with E-state index in [0.717, 1.165) is 33.6 Å². The Bertz CT molecular complexity index is 1720. The number of hydrogen-bond donors (Lipinski definition) is 0. The number of hydrogen-bond acceptors (Lipinski definition) is 6. The first-order chi connectivity index (χ1) is 24.1. The van der Waals surface area contributed by atoms with Crippen molar-refractivity contribution in [3.05, 3.63) is 131 Å². The second kappa shape index (κ2) is 15.2. The van der Waals surface area contributed by atoms with Crippen LogP contribution >= 0.6 is 11.8 Å². The molecule has 7 heteroatoms. The van der Waals surface area contributed by atoms with Gasteiger partial charge in [-0.3, -0.25) is 9.69 Å². The minimum atomic E-state index is -1.06. The summed E-state index contributed by atoms with van der Waals surface area (Å²) >= 11 is 1.55. The second-order valence-electron chi connectivity index (χ2n) is 15.8. The Morgan fingerprint density at radius 1 is 0.824 bits per heavy atom. The van der Waals surface area contributed by atoms with Crippen molar-refractivity contribution in [2.75, 3.05) is 13.4 Å². The normalized spacial score (nSPS) is 17.2. The maximum Gasteiger partial charge on any atom is 0.412 e. The molecule has 1 heterocycles. The molecule has 0 aliphatic carbocycles. The third-order valence-electron chi connectivity index (χ3n) is 9.82. The molecule has 0 unspecified atom stereocenters. The molecule has 1 amide bonds. The van der Waals surface area contributed by atoms with Crippen LogP contribution in [0.4, 0.5) is 4.79 Å². The zero-order valence-electron chi connectivity index (χ0n) is 31.7. The van der Waals surface area contributed by atoms with Gasteiger partial charge in [0.1, 0.15) is 11.5 Å². The molecule has 1 aliphatic heterocycles. The quantitative estimate of drug-likeness (QED) is 0.114. The first-order valence-corrected chi connectivity index (χ1v) is 19.1. The van der Waals surface area contributed by atoms with E-state index in [9.17, 15) is 9.59 Å². The van der Waals surface area contributed by atoms with Crippen LogP contribution in [0.3, 0.4) is 0 Å². The molecule has 0 radical (unpaired) electrons. The van der Waals surface area contributed by atoms with Crippen LogP contribution in [0.1, 0.15) is 95.5 Å². The summed E-state index contributed by atoms with van der Waals surface area (Å²) in [5.74, 6) is 0.523. The SMILES string of the molecule is COc1cc(C(C)(C)C)c(OC(=O)C[C@H](c2ccccc2)[C@H](SC)N2C(=O)OC(c3ccccc3)(c3ccccc3)[C@@H]2C(C)C)c(C(C)(C)C)c1. The lowest BCUT2D eigenvalue weighted by Crippen LogP contribution is -2.52. The fourth-order valence-electron chi connectivity index (χ4n) is 7.45. The lowest BCUT2D eigenvalue weighted by atomic mass is 9.75. The summed E-state index contributed by atoms with van der Waals surface area (Å²) in [7, 11) is 1.66. The second-order valence-corrected chi connectivity index (χ2v) is 16.8. The van der Waals surface area contributed by atoms with E-state index in [1.165, 1.54) is 0 Å². The van der Waals surface area contributed by atoms with Crippen molar-refractivity contribution in [1.82, 2.24) is 4.90 Å². The fourth-order valence-corrected chi connectivity index (χ4v) is 8.47. The highest BCUT2D eigenvalue weighted by Crippen LogP contribution is 2.51. The highest BCUT2D eigenvalue weighted by Gasteiger charge is 2.59. The van der Waals surface area contributed by atoms with Gasteiger partial charge < -0.3 is 14.2 Å². The van der Waals surface area contributed by atoms with Crippen LogP contribution in [0, 0.1) is 5.92 Å². The van der Waals surface area contributed by atoms with Gasteiger partial charge in [0.05, 0.1) is 24.9 Å². The predicted molar refractivity (Wildman–Crippen MR) is 208 cm³/mol. The van der Waals surface area contributed by atoms with Gasteiger partial charge in [0, 0.05) is 28.2 Å². The van der Waals surface area contributed by atoms with Gasteiger partial charge in [0.15, 0.2) is 5.60 Å². The number of benzene rings is 4. The Kier molecular flexibility index (Phi) is 11.3. The fraction of sp³-hybridized carbons (Fsp3) is 0.409. The molecule has 1 saturated heterocycles. The molecule has 0 saturated carbocycles. The average Bonchev–Trinajstić information content (AvgIpc) is 3.42. The molecule has 0 N–H and O–H groups in total. The highest BCUT2D eigenvalue weighted by molar-refractivity contribution is 7.99. The van der Waals surface area contributed by atoms with E-state index in [4.69, 9.17) is 14.2 Å². The molecular weight excluding hydrogens is 655 g/mol. The van der Waals surface area contributed by atoms with E-state index >= 15 is 0 Å². The van der Waals surface area contributed by atoms with Crippen molar-refractivity contribution >= 4 is 23.8 Å². The number of esters is 1. The van der Waals surface area contributed by atoms with Crippen LogP contribution in [0.15, 0.2) is 103 Å². The molecule has 3 atom stereocenters. The van der Waals surface area contributed by atoms with Crippen LogP contribution in [0.25, 0.3) is 0 Å². The number of amides is 1. The number of rotatable bonds is 11. The molecule has 5 rings (SSSR count). The zero-order chi connectivity index (χ0) is 37.1. The van der Waals surface area contributed by atoms with Gasteiger partial charge in [0.2, 0.25) is 0 Å². The summed E-state index contributed by atoms with van der Waals surface area (Å²) < 4.78 is 18.8. The van der Waals surface area contributed by atoms with Crippen LogP contribution in [0.2, 0.25) is 0 Å². The number of thioether (sulfide) groups is 1. The summed E-state index contributed by atoms with van der Waals surface area (Å²) in [5.41, 5.74) is 2.85. The Hall–Kier alpha value is -4.23. The van der Waals surface area contributed by atoms with Crippen molar-refractivity contribution in [2.24, 2.45) is 5.92 Å². The molecule has 270 valence electrons. The Morgan fingerprint density at radius 3 is 1.71 bits per heavy atom. The molecule has 1 aliphatic rings. The smallest absolute Gasteiger partial charge is 0.412 e. The van der Waals surface area contributed by atoms with Crippen molar-refractivity contribution in [1.29, 1.82) is 0 Å². The van der Waals surface area contributed by atoms with Crippen molar-refractivity contribution in [2.45, 2.75) is 95.6 Å². The number of methoxy groups -OCH3 is 1. The topological polar surface area (TPSA) is 65.1 Å². The number of carbonyl (C=O) groups excluding carboxylic acids is 2. The van der Waals surface area contributed by atoms with Crippen LogP contribution in [0.5, 0.6) is 11.5 Å².